The molecular weight excluding hydrogens is 212 g/mol. The van der Waals surface area contributed by atoms with Gasteiger partial charge < -0.3 is 11.5 Å². The molecule has 0 aliphatic heterocycles. The molecule has 0 saturated heterocycles. The Labute approximate surface area is 101 Å². The van der Waals surface area contributed by atoms with Crippen molar-refractivity contribution in [1.82, 2.24) is 0 Å². The Morgan fingerprint density at radius 2 is 1.06 bits per heavy atom. The summed E-state index contributed by atoms with van der Waals surface area (Å²) in [7, 11) is 0. The van der Waals surface area contributed by atoms with Crippen molar-refractivity contribution in [2.24, 2.45) is 11.5 Å². The average molecular weight is 228 g/mol. The summed E-state index contributed by atoms with van der Waals surface area (Å²) >= 11 is 0. The highest BCUT2D eigenvalue weighted by molar-refractivity contribution is 5.69. The van der Waals surface area contributed by atoms with E-state index in [1.54, 1.807) is 0 Å². The number of nitrogens with two attached hydrogens (primary N) is 2. The van der Waals surface area contributed by atoms with E-state index in [1.807, 2.05) is 0 Å². The second kappa shape index (κ2) is 7.06. The first-order valence-corrected chi connectivity index (χ1v) is 5.31. The Kier molecular flexibility index (Phi) is 5.31. The second-order valence-electron chi connectivity index (χ2n) is 3.55. The van der Waals surface area contributed by atoms with Gasteiger partial charge in [0, 0.05) is 0 Å². The SMILES string of the molecule is NC(N)=O.c1ccc(Cc2ccccc2)cc1. The van der Waals surface area contributed by atoms with Gasteiger partial charge in [0.25, 0.3) is 0 Å². The number of benzene rings is 2. The Hall–Kier alpha value is -2.29. The summed E-state index contributed by atoms with van der Waals surface area (Å²) in [4.78, 5) is 9.00. The van der Waals surface area contributed by atoms with Crippen molar-refractivity contribution in [2.45, 2.75) is 6.42 Å². The summed E-state index contributed by atoms with van der Waals surface area (Å²) in [6.07, 6.45) is 1.03. The molecule has 0 saturated carbocycles. The third-order valence-corrected chi connectivity index (χ3v) is 2.09. The van der Waals surface area contributed by atoms with Crippen molar-refractivity contribution in [2.75, 3.05) is 0 Å². The molecule has 4 N–H and O–H groups in total. The number of rotatable bonds is 2. The van der Waals surface area contributed by atoms with Crippen LogP contribution in [0, 0.1) is 0 Å². The Morgan fingerprint density at radius 3 is 1.35 bits per heavy atom. The van der Waals surface area contributed by atoms with Crippen LogP contribution in [0.2, 0.25) is 0 Å². The van der Waals surface area contributed by atoms with Crippen LogP contribution in [-0.2, 0) is 6.42 Å². The number of amides is 2. The largest absolute Gasteiger partial charge is 0.352 e. The third kappa shape index (κ3) is 5.99. The summed E-state index contributed by atoms with van der Waals surface area (Å²) < 4.78 is 0. The normalized spacial score (nSPS) is 8.94. The lowest BCUT2D eigenvalue weighted by Crippen LogP contribution is -2.18. The quantitative estimate of drug-likeness (QED) is 0.813. The van der Waals surface area contributed by atoms with Gasteiger partial charge >= 0.3 is 6.03 Å². The topological polar surface area (TPSA) is 69.1 Å². The third-order valence-electron chi connectivity index (χ3n) is 2.09. The van der Waals surface area contributed by atoms with Gasteiger partial charge in [0.15, 0.2) is 0 Å². The van der Waals surface area contributed by atoms with Crippen LogP contribution < -0.4 is 11.5 Å². The fourth-order valence-corrected chi connectivity index (χ4v) is 1.43. The molecule has 0 atom stereocenters. The minimum atomic E-state index is -0.833. The molecule has 0 aromatic heterocycles. The molecule has 0 unspecified atom stereocenters. The number of urea groups is 1. The predicted octanol–water partition coefficient (Wildman–Crippen LogP) is 2.30. The summed E-state index contributed by atoms with van der Waals surface area (Å²) in [6.45, 7) is 0. The lowest BCUT2D eigenvalue weighted by molar-refractivity contribution is 0.256. The van der Waals surface area contributed by atoms with E-state index in [9.17, 15) is 0 Å². The highest BCUT2D eigenvalue weighted by atomic mass is 16.2. The predicted molar refractivity (Wildman–Crippen MR) is 69.5 cm³/mol. The number of carbonyl (C=O) groups is 1. The summed E-state index contributed by atoms with van der Waals surface area (Å²) in [5, 5.41) is 0. The van der Waals surface area contributed by atoms with Crippen LogP contribution in [-0.4, -0.2) is 6.03 Å². The van der Waals surface area contributed by atoms with E-state index < -0.39 is 6.03 Å². The molecule has 88 valence electrons. The first-order chi connectivity index (χ1) is 8.18. The van der Waals surface area contributed by atoms with Crippen molar-refractivity contribution < 1.29 is 4.79 Å². The van der Waals surface area contributed by atoms with Gasteiger partial charge in [-0.05, 0) is 17.5 Å². The van der Waals surface area contributed by atoms with Gasteiger partial charge in [0.2, 0.25) is 0 Å². The molecule has 2 amide bonds. The van der Waals surface area contributed by atoms with Crippen LogP contribution in [0.3, 0.4) is 0 Å². The Balaban J connectivity index is 0.000000317. The summed E-state index contributed by atoms with van der Waals surface area (Å²) in [5.41, 5.74) is 11.2. The molecule has 0 heterocycles. The van der Waals surface area contributed by atoms with E-state index in [1.165, 1.54) is 11.1 Å². The van der Waals surface area contributed by atoms with E-state index in [0.717, 1.165) is 6.42 Å². The Bertz CT molecular complexity index is 399. The van der Waals surface area contributed by atoms with Crippen molar-refractivity contribution in [1.29, 1.82) is 0 Å². The molecule has 2 aromatic rings. The van der Waals surface area contributed by atoms with Gasteiger partial charge in [-0.1, -0.05) is 60.7 Å². The van der Waals surface area contributed by atoms with Crippen LogP contribution in [0.15, 0.2) is 60.7 Å². The molecule has 17 heavy (non-hydrogen) atoms. The Morgan fingerprint density at radius 1 is 0.765 bits per heavy atom. The molecule has 3 heteroatoms. The van der Waals surface area contributed by atoms with Crippen LogP contribution >= 0.6 is 0 Å². The molecule has 2 aromatic carbocycles. The molecule has 0 fully saturated rings. The van der Waals surface area contributed by atoms with E-state index >= 15 is 0 Å². The van der Waals surface area contributed by atoms with Crippen molar-refractivity contribution in [3.8, 4) is 0 Å². The van der Waals surface area contributed by atoms with Crippen LogP contribution in [0.5, 0.6) is 0 Å². The maximum Gasteiger partial charge on any atom is 0.309 e. The van der Waals surface area contributed by atoms with Crippen LogP contribution in [0.4, 0.5) is 4.79 Å². The number of primary amides is 2. The zero-order valence-corrected chi connectivity index (χ0v) is 9.54. The first kappa shape index (κ1) is 12.8. The van der Waals surface area contributed by atoms with Crippen molar-refractivity contribution >= 4 is 6.03 Å². The van der Waals surface area contributed by atoms with E-state index in [0.29, 0.717) is 0 Å². The van der Waals surface area contributed by atoms with Gasteiger partial charge in [-0.2, -0.15) is 0 Å². The lowest BCUT2D eigenvalue weighted by Gasteiger charge is -2.00. The van der Waals surface area contributed by atoms with E-state index in [2.05, 4.69) is 72.1 Å². The molecule has 0 bridgehead atoms. The minimum absolute atomic E-state index is 0.833. The molecule has 2 rings (SSSR count). The van der Waals surface area contributed by atoms with Crippen molar-refractivity contribution in [3.63, 3.8) is 0 Å². The number of hydrogen-bond donors (Lipinski definition) is 2. The highest BCUT2D eigenvalue weighted by Crippen LogP contribution is 2.07. The summed E-state index contributed by atoms with van der Waals surface area (Å²) in [6, 6.07) is 20.2. The summed E-state index contributed by atoms with van der Waals surface area (Å²) in [5.74, 6) is 0. The van der Waals surface area contributed by atoms with E-state index in [4.69, 9.17) is 4.79 Å². The standard InChI is InChI=1S/C13H12.CH4N2O/c1-3-7-12(8-4-1)11-13-9-5-2-6-10-13;2-1(3)4/h1-10H,11H2;(H4,2,3,4). The van der Waals surface area contributed by atoms with Crippen molar-refractivity contribution in [3.05, 3.63) is 71.8 Å². The molecular formula is C14H16N2O. The van der Waals surface area contributed by atoms with Crippen LogP contribution in [0.1, 0.15) is 11.1 Å². The minimum Gasteiger partial charge on any atom is -0.352 e. The average Bonchev–Trinajstić information content (AvgIpc) is 2.31. The maximum atomic E-state index is 9.00. The van der Waals surface area contributed by atoms with Gasteiger partial charge in [-0.3, -0.25) is 0 Å². The smallest absolute Gasteiger partial charge is 0.309 e. The molecule has 0 aliphatic carbocycles. The molecule has 0 radical (unpaired) electrons. The van der Waals surface area contributed by atoms with Gasteiger partial charge in [-0.15, -0.1) is 0 Å². The van der Waals surface area contributed by atoms with Crippen LogP contribution in [0.25, 0.3) is 0 Å². The number of carbonyl (C=O) groups excluding carboxylic acids is 1. The van der Waals surface area contributed by atoms with Gasteiger partial charge in [0.1, 0.15) is 0 Å². The molecule has 3 nitrogen and oxygen atoms in total. The second-order valence-corrected chi connectivity index (χ2v) is 3.55. The fourth-order valence-electron chi connectivity index (χ4n) is 1.43. The highest BCUT2D eigenvalue weighted by Gasteiger charge is 1.92. The zero-order valence-electron chi connectivity index (χ0n) is 9.54. The van der Waals surface area contributed by atoms with Gasteiger partial charge in [0.05, 0.1) is 0 Å². The van der Waals surface area contributed by atoms with E-state index in [-0.39, 0.29) is 0 Å². The molecule has 0 spiro atoms. The monoisotopic (exact) mass is 228 g/mol. The van der Waals surface area contributed by atoms with Gasteiger partial charge in [-0.25, -0.2) is 4.79 Å². The fraction of sp³-hybridized carbons (Fsp3) is 0.0714. The maximum absolute atomic E-state index is 9.00. The first-order valence-electron chi connectivity index (χ1n) is 5.31. The lowest BCUT2D eigenvalue weighted by atomic mass is 10.1. The number of hydrogen-bond acceptors (Lipinski definition) is 1. The zero-order chi connectivity index (χ0) is 12.5. The molecule has 0 aliphatic rings.